The summed E-state index contributed by atoms with van der Waals surface area (Å²) < 4.78 is 23.1. The van der Waals surface area contributed by atoms with E-state index >= 15 is 0 Å². The summed E-state index contributed by atoms with van der Waals surface area (Å²) in [7, 11) is -1.83. The van der Waals surface area contributed by atoms with Crippen molar-refractivity contribution in [3.05, 3.63) is 4.88 Å². The molecule has 1 aromatic heterocycles. The van der Waals surface area contributed by atoms with Gasteiger partial charge in [0.05, 0.1) is 10.6 Å². The van der Waals surface area contributed by atoms with E-state index in [1.807, 2.05) is 0 Å². The number of thiophene rings is 1. The van der Waals surface area contributed by atoms with E-state index in [0.717, 1.165) is 17.6 Å². The second-order valence-electron chi connectivity index (χ2n) is 3.30. The number of hydrogen-bond donors (Lipinski definition) is 2. The molecule has 1 heterocycles. The average Bonchev–Trinajstić information content (AvgIpc) is 2.53. The molecule has 0 saturated heterocycles. The van der Waals surface area contributed by atoms with E-state index in [2.05, 4.69) is 5.32 Å². The Morgan fingerprint density at radius 2 is 2.06 bits per heavy atom. The number of hydrogen-bond acceptors (Lipinski definition) is 6. The number of anilines is 2. The van der Waals surface area contributed by atoms with E-state index < -0.39 is 9.84 Å². The SMILES string of the molecule is CCC(=O)c1sc(NC)c(S(C)(=O)=O)c1N. The lowest BCUT2D eigenvalue weighted by Gasteiger charge is -2.01. The summed E-state index contributed by atoms with van der Waals surface area (Å²) in [4.78, 5) is 11.9. The Balaban J connectivity index is 3.51. The minimum atomic E-state index is -3.43. The summed E-state index contributed by atoms with van der Waals surface area (Å²) in [5, 5.41) is 3.16. The highest BCUT2D eigenvalue weighted by Crippen LogP contribution is 2.39. The molecular weight excluding hydrogens is 248 g/mol. The minimum Gasteiger partial charge on any atom is -0.396 e. The largest absolute Gasteiger partial charge is 0.396 e. The van der Waals surface area contributed by atoms with Crippen molar-refractivity contribution in [2.45, 2.75) is 18.2 Å². The van der Waals surface area contributed by atoms with Crippen molar-refractivity contribution in [2.75, 3.05) is 24.4 Å². The van der Waals surface area contributed by atoms with Gasteiger partial charge in [0.2, 0.25) is 0 Å². The molecule has 3 N–H and O–H groups in total. The first-order valence-electron chi connectivity index (χ1n) is 4.66. The fourth-order valence-electron chi connectivity index (χ4n) is 1.33. The first-order valence-corrected chi connectivity index (χ1v) is 7.37. The molecule has 90 valence electrons. The van der Waals surface area contributed by atoms with Crippen LogP contribution in [0, 0.1) is 0 Å². The summed E-state index contributed by atoms with van der Waals surface area (Å²) in [6.45, 7) is 1.71. The van der Waals surface area contributed by atoms with E-state index in [4.69, 9.17) is 5.73 Å². The second-order valence-corrected chi connectivity index (χ2v) is 6.28. The lowest BCUT2D eigenvalue weighted by atomic mass is 10.2. The smallest absolute Gasteiger partial charge is 0.180 e. The molecule has 0 amide bonds. The van der Waals surface area contributed by atoms with Gasteiger partial charge in [-0.05, 0) is 0 Å². The van der Waals surface area contributed by atoms with E-state index in [-0.39, 0.29) is 16.4 Å². The van der Waals surface area contributed by atoms with Crippen molar-refractivity contribution in [3.63, 3.8) is 0 Å². The van der Waals surface area contributed by atoms with Crippen LogP contribution in [0.3, 0.4) is 0 Å². The number of nitrogens with two attached hydrogens (primary N) is 1. The normalized spacial score (nSPS) is 11.4. The quantitative estimate of drug-likeness (QED) is 0.800. The summed E-state index contributed by atoms with van der Waals surface area (Å²) in [6, 6.07) is 0. The van der Waals surface area contributed by atoms with Crippen LogP contribution in [0.5, 0.6) is 0 Å². The zero-order chi connectivity index (χ0) is 12.5. The summed E-state index contributed by atoms with van der Waals surface area (Å²) in [5.74, 6) is -0.145. The van der Waals surface area contributed by atoms with Crippen molar-refractivity contribution in [1.82, 2.24) is 0 Å². The van der Waals surface area contributed by atoms with Crippen molar-refractivity contribution >= 4 is 37.6 Å². The monoisotopic (exact) mass is 262 g/mol. The van der Waals surface area contributed by atoms with Crippen LogP contribution in [-0.2, 0) is 9.84 Å². The van der Waals surface area contributed by atoms with Gasteiger partial charge in [-0.2, -0.15) is 0 Å². The molecule has 5 nitrogen and oxygen atoms in total. The predicted octanol–water partition coefficient (Wildman–Crippen LogP) is 1.37. The number of carbonyl (C=O) groups excluding carboxylic acids is 1. The molecule has 1 rings (SSSR count). The van der Waals surface area contributed by atoms with Gasteiger partial charge in [0, 0.05) is 19.7 Å². The molecule has 0 atom stereocenters. The number of Topliss-reactive ketones (excluding diaryl/α,β-unsaturated/α-hetero) is 1. The number of nitrogen functional groups attached to an aromatic ring is 1. The van der Waals surface area contributed by atoms with Crippen LogP contribution in [0.4, 0.5) is 10.7 Å². The third-order valence-corrected chi connectivity index (χ3v) is 4.63. The van der Waals surface area contributed by atoms with Gasteiger partial charge in [0.25, 0.3) is 0 Å². The molecular formula is C9H14N2O3S2. The standard InChI is InChI=1S/C9H14N2O3S2/c1-4-5(12)7-6(10)8(16(3,13)14)9(11-2)15-7/h11H,4,10H2,1-3H3. The van der Waals surface area contributed by atoms with Gasteiger partial charge in [0.1, 0.15) is 9.90 Å². The molecule has 0 aliphatic rings. The molecule has 0 aromatic carbocycles. The number of sulfone groups is 1. The van der Waals surface area contributed by atoms with Gasteiger partial charge in [0.15, 0.2) is 15.6 Å². The molecule has 0 radical (unpaired) electrons. The van der Waals surface area contributed by atoms with Gasteiger partial charge in [-0.15, -0.1) is 11.3 Å². The highest BCUT2D eigenvalue weighted by Gasteiger charge is 2.25. The third kappa shape index (κ3) is 2.19. The van der Waals surface area contributed by atoms with E-state index in [1.165, 1.54) is 0 Å². The van der Waals surface area contributed by atoms with Gasteiger partial charge in [-0.25, -0.2) is 8.42 Å². The number of rotatable bonds is 4. The van der Waals surface area contributed by atoms with Crippen LogP contribution in [-0.4, -0.2) is 27.5 Å². The van der Waals surface area contributed by atoms with Gasteiger partial charge in [-0.1, -0.05) is 6.92 Å². The van der Waals surface area contributed by atoms with E-state index in [1.54, 1.807) is 14.0 Å². The van der Waals surface area contributed by atoms with Crippen molar-refractivity contribution in [1.29, 1.82) is 0 Å². The Labute approximate surface area is 98.6 Å². The lowest BCUT2D eigenvalue weighted by Crippen LogP contribution is -2.05. The molecule has 0 unspecified atom stereocenters. The van der Waals surface area contributed by atoms with Crippen molar-refractivity contribution in [3.8, 4) is 0 Å². The van der Waals surface area contributed by atoms with Crippen LogP contribution in [0.1, 0.15) is 23.0 Å². The molecule has 0 aliphatic heterocycles. The predicted molar refractivity (Wildman–Crippen MR) is 66.0 cm³/mol. The van der Waals surface area contributed by atoms with Crippen LogP contribution in [0.15, 0.2) is 4.90 Å². The van der Waals surface area contributed by atoms with E-state index in [0.29, 0.717) is 16.3 Å². The minimum absolute atomic E-state index is 0.0248. The van der Waals surface area contributed by atoms with Gasteiger partial charge < -0.3 is 11.1 Å². The maximum atomic E-state index is 11.6. The maximum absolute atomic E-state index is 11.6. The topological polar surface area (TPSA) is 89.3 Å². The number of ketones is 1. The van der Waals surface area contributed by atoms with Crippen LogP contribution in [0.2, 0.25) is 0 Å². The van der Waals surface area contributed by atoms with Gasteiger partial charge >= 0.3 is 0 Å². The van der Waals surface area contributed by atoms with Crippen molar-refractivity contribution < 1.29 is 13.2 Å². The number of nitrogens with one attached hydrogen (secondary N) is 1. The summed E-state index contributed by atoms with van der Waals surface area (Å²) >= 11 is 1.08. The molecule has 0 saturated carbocycles. The summed E-state index contributed by atoms with van der Waals surface area (Å²) in [6.07, 6.45) is 1.38. The zero-order valence-corrected chi connectivity index (χ0v) is 11.0. The molecule has 16 heavy (non-hydrogen) atoms. The Morgan fingerprint density at radius 1 is 1.50 bits per heavy atom. The van der Waals surface area contributed by atoms with Crippen molar-refractivity contribution in [2.24, 2.45) is 0 Å². The third-order valence-electron chi connectivity index (χ3n) is 2.07. The van der Waals surface area contributed by atoms with Crippen LogP contribution < -0.4 is 11.1 Å². The Hall–Kier alpha value is -1.08. The molecule has 1 aromatic rings. The van der Waals surface area contributed by atoms with Crippen LogP contribution >= 0.6 is 11.3 Å². The molecule has 0 bridgehead atoms. The number of carbonyl (C=O) groups is 1. The molecule has 0 fully saturated rings. The molecule has 7 heteroatoms. The highest BCUT2D eigenvalue weighted by molar-refractivity contribution is 7.91. The molecule has 0 spiro atoms. The Kier molecular flexibility index (Phi) is 3.59. The first-order chi connectivity index (χ1) is 7.32. The fourth-order valence-corrected chi connectivity index (χ4v) is 3.89. The highest BCUT2D eigenvalue weighted by atomic mass is 32.2. The lowest BCUT2D eigenvalue weighted by molar-refractivity contribution is 0.0992. The zero-order valence-electron chi connectivity index (χ0n) is 9.33. The Morgan fingerprint density at radius 3 is 2.38 bits per heavy atom. The summed E-state index contributed by atoms with van der Waals surface area (Å²) in [5.41, 5.74) is 5.77. The first kappa shape index (κ1) is 13.0. The van der Waals surface area contributed by atoms with E-state index in [9.17, 15) is 13.2 Å². The maximum Gasteiger partial charge on any atom is 0.180 e. The fraction of sp³-hybridized carbons (Fsp3) is 0.444. The second kappa shape index (κ2) is 4.42. The van der Waals surface area contributed by atoms with Gasteiger partial charge in [-0.3, -0.25) is 4.79 Å². The average molecular weight is 262 g/mol. The Bertz CT molecular complexity index is 517. The van der Waals surface area contributed by atoms with Crippen LogP contribution in [0.25, 0.3) is 0 Å². The molecule has 0 aliphatic carbocycles.